The quantitative estimate of drug-likeness (QED) is 0.747. The van der Waals surface area contributed by atoms with E-state index in [1.165, 1.54) is 6.07 Å². The monoisotopic (exact) mass is 315 g/mol. The molecule has 0 aliphatic carbocycles. The number of hydrogen-bond acceptors (Lipinski definition) is 3. The van der Waals surface area contributed by atoms with Gasteiger partial charge in [0.15, 0.2) is 0 Å². The van der Waals surface area contributed by atoms with Crippen molar-refractivity contribution < 1.29 is 23.1 Å². The second kappa shape index (κ2) is 7.58. The number of benzene rings is 1. The molecule has 22 heavy (non-hydrogen) atoms. The van der Waals surface area contributed by atoms with Crippen LogP contribution >= 0.6 is 0 Å². The number of urea groups is 1. The fourth-order valence-electron chi connectivity index (χ4n) is 1.43. The molecule has 0 unspecified atom stereocenters. The summed E-state index contributed by atoms with van der Waals surface area (Å²) in [6, 6.07) is 2.47. The summed E-state index contributed by atoms with van der Waals surface area (Å²) in [5.41, 5.74) is -1.14. The number of alkyl carbamates (subject to hydrolysis) is 1. The number of nitrogens with one attached hydrogen (secondary N) is 3. The van der Waals surface area contributed by atoms with Gasteiger partial charge in [-0.2, -0.15) is 0 Å². The third kappa shape index (κ3) is 6.38. The first-order valence-electron chi connectivity index (χ1n) is 6.65. The number of carbonyl (C=O) groups is 2. The molecule has 0 aliphatic heterocycles. The van der Waals surface area contributed by atoms with Crippen molar-refractivity contribution in [3.63, 3.8) is 0 Å². The summed E-state index contributed by atoms with van der Waals surface area (Å²) in [7, 11) is 0. The van der Waals surface area contributed by atoms with Crippen molar-refractivity contribution in [1.29, 1.82) is 0 Å². The summed E-state index contributed by atoms with van der Waals surface area (Å²) >= 11 is 0. The molecule has 0 radical (unpaired) electrons. The van der Waals surface area contributed by atoms with Gasteiger partial charge in [0.05, 0.1) is 0 Å². The topological polar surface area (TPSA) is 79.5 Å². The van der Waals surface area contributed by atoms with Gasteiger partial charge in [-0.25, -0.2) is 18.4 Å². The number of anilines is 1. The van der Waals surface area contributed by atoms with E-state index in [2.05, 4.69) is 16.0 Å². The first-order chi connectivity index (χ1) is 10.2. The number of ether oxygens (including phenoxy) is 1. The van der Waals surface area contributed by atoms with E-state index in [4.69, 9.17) is 4.74 Å². The minimum absolute atomic E-state index is 0.0706. The average Bonchev–Trinajstić information content (AvgIpc) is 2.37. The maximum atomic E-state index is 13.3. The second-order valence-corrected chi connectivity index (χ2v) is 5.41. The van der Waals surface area contributed by atoms with Crippen LogP contribution in [0.15, 0.2) is 18.2 Å². The van der Waals surface area contributed by atoms with Crippen LogP contribution in [0.3, 0.4) is 0 Å². The van der Waals surface area contributed by atoms with Gasteiger partial charge in [-0.1, -0.05) is 6.07 Å². The molecule has 0 heterocycles. The zero-order valence-electron chi connectivity index (χ0n) is 12.6. The molecule has 0 spiro atoms. The van der Waals surface area contributed by atoms with Gasteiger partial charge in [0.1, 0.15) is 22.9 Å². The Morgan fingerprint density at radius 1 is 1.09 bits per heavy atom. The third-order valence-corrected chi connectivity index (χ3v) is 2.28. The molecule has 3 amide bonds. The lowest BCUT2D eigenvalue weighted by molar-refractivity contribution is 0.0528. The van der Waals surface area contributed by atoms with Crippen LogP contribution < -0.4 is 16.0 Å². The van der Waals surface area contributed by atoms with Gasteiger partial charge in [-0.05, 0) is 32.9 Å². The molecule has 0 saturated heterocycles. The second-order valence-electron chi connectivity index (χ2n) is 5.41. The molecule has 0 atom stereocenters. The number of carbonyl (C=O) groups excluding carboxylic acids is 2. The number of para-hydroxylation sites is 1. The molecule has 0 fully saturated rings. The zero-order valence-corrected chi connectivity index (χ0v) is 12.6. The van der Waals surface area contributed by atoms with Gasteiger partial charge in [-0.15, -0.1) is 0 Å². The van der Waals surface area contributed by atoms with Crippen molar-refractivity contribution in [1.82, 2.24) is 10.6 Å². The number of rotatable bonds is 4. The summed E-state index contributed by atoms with van der Waals surface area (Å²) in [4.78, 5) is 22.8. The van der Waals surface area contributed by atoms with Crippen molar-refractivity contribution in [3.8, 4) is 0 Å². The molecule has 6 nitrogen and oxygen atoms in total. The Bertz CT molecular complexity index is 524. The SMILES string of the molecule is CC(C)(C)OC(=O)NCCNC(=O)Nc1c(F)cccc1F. The summed E-state index contributed by atoms with van der Waals surface area (Å²) in [5, 5.41) is 6.84. The van der Waals surface area contributed by atoms with E-state index in [9.17, 15) is 18.4 Å². The third-order valence-electron chi connectivity index (χ3n) is 2.28. The Hall–Kier alpha value is -2.38. The van der Waals surface area contributed by atoms with Gasteiger partial charge >= 0.3 is 12.1 Å². The molecule has 0 saturated carbocycles. The molecule has 1 rings (SSSR count). The van der Waals surface area contributed by atoms with Gasteiger partial charge < -0.3 is 20.7 Å². The zero-order chi connectivity index (χ0) is 16.8. The lowest BCUT2D eigenvalue weighted by Crippen LogP contribution is -2.39. The number of amides is 3. The van der Waals surface area contributed by atoms with Crippen LogP contribution in [-0.4, -0.2) is 30.8 Å². The van der Waals surface area contributed by atoms with Gasteiger partial charge in [0.25, 0.3) is 0 Å². The largest absolute Gasteiger partial charge is 0.444 e. The van der Waals surface area contributed by atoms with Crippen molar-refractivity contribution in [3.05, 3.63) is 29.8 Å². The van der Waals surface area contributed by atoms with Crippen LogP contribution in [0.2, 0.25) is 0 Å². The minimum Gasteiger partial charge on any atom is -0.444 e. The van der Waals surface area contributed by atoms with Gasteiger partial charge in [0, 0.05) is 13.1 Å². The fourth-order valence-corrected chi connectivity index (χ4v) is 1.43. The van der Waals surface area contributed by atoms with Crippen molar-refractivity contribution in [2.75, 3.05) is 18.4 Å². The standard InChI is InChI=1S/C14H19F2N3O3/c1-14(2,3)22-13(21)18-8-7-17-12(20)19-11-9(15)5-4-6-10(11)16/h4-6H,7-8H2,1-3H3,(H,18,21)(H2,17,19,20). The van der Waals surface area contributed by atoms with Crippen molar-refractivity contribution in [2.45, 2.75) is 26.4 Å². The smallest absolute Gasteiger partial charge is 0.407 e. The molecule has 0 aliphatic rings. The van der Waals surface area contributed by atoms with Crippen LogP contribution in [0.25, 0.3) is 0 Å². The van der Waals surface area contributed by atoms with Crippen LogP contribution in [-0.2, 0) is 4.74 Å². The van der Waals surface area contributed by atoms with Crippen LogP contribution in [0, 0.1) is 11.6 Å². The van der Waals surface area contributed by atoms with E-state index >= 15 is 0 Å². The molecular weight excluding hydrogens is 296 g/mol. The molecule has 1 aromatic rings. The first kappa shape index (κ1) is 17.7. The Balaban J connectivity index is 2.31. The predicted octanol–water partition coefficient (Wildman–Crippen LogP) is 2.61. The van der Waals surface area contributed by atoms with E-state index in [1.807, 2.05) is 0 Å². The Morgan fingerprint density at radius 2 is 1.64 bits per heavy atom. The lowest BCUT2D eigenvalue weighted by atomic mass is 10.2. The van der Waals surface area contributed by atoms with Gasteiger partial charge in [-0.3, -0.25) is 0 Å². The van der Waals surface area contributed by atoms with Crippen molar-refractivity contribution >= 4 is 17.8 Å². The molecule has 0 bridgehead atoms. The van der Waals surface area contributed by atoms with Crippen LogP contribution in [0.5, 0.6) is 0 Å². The first-order valence-corrected chi connectivity index (χ1v) is 6.65. The van der Waals surface area contributed by atoms with Crippen molar-refractivity contribution in [2.24, 2.45) is 0 Å². The molecule has 8 heteroatoms. The average molecular weight is 315 g/mol. The molecule has 0 aromatic heterocycles. The van der Waals surface area contributed by atoms with Crippen LogP contribution in [0.4, 0.5) is 24.1 Å². The summed E-state index contributed by atoms with van der Waals surface area (Å²) < 4.78 is 31.6. The normalized spacial score (nSPS) is 10.8. The van der Waals surface area contributed by atoms with Gasteiger partial charge in [0.2, 0.25) is 0 Å². The number of halogens is 2. The molecular formula is C14H19F2N3O3. The van der Waals surface area contributed by atoms with E-state index in [1.54, 1.807) is 20.8 Å². The molecule has 1 aromatic carbocycles. The predicted molar refractivity (Wildman–Crippen MR) is 77.6 cm³/mol. The summed E-state index contributed by atoms with van der Waals surface area (Å²) in [6.07, 6.45) is -0.616. The van der Waals surface area contributed by atoms with E-state index in [0.717, 1.165) is 12.1 Å². The highest BCUT2D eigenvalue weighted by atomic mass is 19.1. The van der Waals surface area contributed by atoms with E-state index in [-0.39, 0.29) is 13.1 Å². The lowest BCUT2D eigenvalue weighted by Gasteiger charge is -2.19. The summed E-state index contributed by atoms with van der Waals surface area (Å²) in [5.74, 6) is -1.75. The maximum Gasteiger partial charge on any atom is 0.407 e. The highest BCUT2D eigenvalue weighted by molar-refractivity contribution is 5.89. The highest BCUT2D eigenvalue weighted by Gasteiger charge is 2.15. The summed E-state index contributed by atoms with van der Waals surface area (Å²) in [6.45, 7) is 5.35. The Labute approximate surface area is 127 Å². The number of hydrogen-bond donors (Lipinski definition) is 3. The van der Waals surface area contributed by atoms with E-state index in [0.29, 0.717) is 0 Å². The Kier molecular flexibility index (Phi) is 6.09. The maximum absolute atomic E-state index is 13.3. The molecule has 122 valence electrons. The van der Waals surface area contributed by atoms with Crippen LogP contribution in [0.1, 0.15) is 20.8 Å². The highest BCUT2D eigenvalue weighted by Crippen LogP contribution is 2.17. The molecule has 3 N–H and O–H groups in total. The Morgan fingerprint density at radius 3 is 2.18 bits per heavy atom. The minimum atomic E-state index is -0.873. The fraction of sp³-hybridized carbons (Fsp3) is 0.429. The van der Waals surface area contributed by atoms with E-state index < -0.39 is 35.0 Å².